The van der Waals surface area contributed by atoms with E-state index in [0.717, 1.165) is 0 Å². The molecule has 0 aromatic rings. The van der Waals surface area contributed by atoms with Crippen LogP contribution in [0.4, 0.5) is 0 Å². The van der Waals surface area contributed by atoms with Crippen molar-refractivity contribution in [2.75, 3.05) is 0 Å². The predicted molar refractivity (Wildman–Crippen MR) is 122 cm³/mol. The summed E-state index contributed by atoms with van der Waals surface area (Å²) >= 11 is 0. The smallest absolute Gasteiger partial charge is 0.0689 e. The van der Waals surface area contributed by atoms with Crippen LogP contribution >= 0.6 is 0 Å². The zero-order chi connectivity index (χ0) is 19.7. The van der Waals surface area contributed by atoms with Gasteiger partial charge in [0.15, 0.2) is 0 Å². The van der Waals surface area contributed by atoms with Gasteiger partial charge < -0.3 is 5.32 Å². The Balaban J connectivity index is 6.31. The summed E-state index contributed by atoms with van der Waals surface area (Å²) in [7, 11) is 44.0. The van der Waals surface area contributed by atoms with Crippen LogP contribution in [0.25, 0.3) is 0 Å². The maximum atomic E-state index is 6.37. The van der Waals surface area contributed by atoms with E-state index in [1.54, 1.807) is 0 Å². The largest absolute Gasteiger partial charge is 0.315 e. The third-order valence-corrected chi connectivity index (χ3v) is 6.24. The summed E-state index contributed by atoms with van der Waals surface area (Å²) in [6.07, 6.45) is -0.807. The van der Waals surface area contributed by atoms with Crippen molar-refractivity contribution in [1.82, 2.24) is 5.32 Å². The first-order valence-electron chi connectivity index (χ1n) is 8.37. The van der Waals surface area contributed by atoms with Crippen molar-refractivity contribution in [2.45, 2.75) is 64.7 Å². The summed E-state index contributed by atoms with van der Waals surface area (Å²) in [5.41, 5.74) is -1.32. The zero-order valence-corrected chi connectivity index (χ0v) is 16.4. The van der Waals surface area contributed by atoms with Crippen molar-refractivity contribution in [3.63, 3.8) is 0 Å². The minimum Gasteiger partial charge on any atom is -0.315 e. The first-order valence-corrected chi connectivity index (χ1v) is 8.37. The first-order chi connectivity index (χ1) is 10.5. The van der Waals surface area contributed by atoms with E-state index in [1.165, 1.54) is 7.06 Å². The van der Waals surface area contributed by atoms with Crippen molar-refractivity contribution in [3.05, 3.63) is 0 Å². The van der Waals surface area contributed by atoms with Crippen LogP contribution in [0.3, 0.4) is 0 Å². The topological polar surface area (TPSA) is 12.0 Å². The molecule has 0 heterocycles. The molecule has 0 aliphatic rings. The van der Waals surface area contributed by atoms with Crippen LogP contribution in [0.2, 0.25) is 5.21 Å². The maximum Gasteiger partial charge on any atom is 0.0689 e. The summed E-state index contributed by atoms with van der Waals surface area (Å²) < 4.78 is 0. The van der Waals surface area contributed by atoms with Gasteiger partial charge in [-0.25, -0.2) is 0 Å². The fourth-order valence-corrected chi connectivity index (χ4v) is 2.93. The van der Waals surface area contributed by atoms with Gasteiger partial charge in [-0.3, -0.25) is 0 Å². The van der Waals surface area contributed by atoms with Gasteiger partial charge in [-0.2, -0.15) is 0 Å². The average Bonchev–Trinajstić information content (AvgIpc) is 2.42. The van der Waals surface area contributed by atoms with Crippen LogP contribution in [0.15, 0.2) is 0 Å². The minimum absolute atomic E-state index is 0.0878. The molecule has 0 fully saturated rings. The Bertz CT molecular complexity index is 410. The van der Waals surface area contributed by atoms with Gasteiger partial charge in [-0.15, -0.1) is 0 Å². The Kier molecular flexibility index (Phi) is 8.43. The molecule has 0 bridgehead atoms. The standard InChI is InChI=1S/C11H22B12N/c1-8(2,3)9(4,5)24-11(7,20(13)14)10(6,21(15)19-12)22(16)23(17)18/h24H,1-7H3. The average molecular weight is 298 g/mol. The van der Waals surface area contributed by atoms with E-state index in [1.807, 2.05) is 13.8 Å². The molecule has 0 saturated heterocycles. The molecule has 0 aliphatic heterocycles. The lowest BCUT2D eigenvalue weighted by Gasteiger charge is -2.62. The number of nitrogens with one attached hydrogen (secondary N) is 1. The van der Waals surface area contributed by atoms with Crippen LogP contribution in [0.5, 0.6) is 0 Å². The fraction of sp³-hybridized carbons (Fsp3) is 1.00. The highest BCUT2D eigenvalue weighted by molar-refractivity contribution is 7.70. The molecule has 15 radical (unpaired) electrons. The lowest BCUT2D eigenvalue weighted by Crippen LogP contribution is -2.77. The second-order valence-electron chi connectivity index (χ2n) is 8.83. The SMILES string of the molecule is [B][B]B([B])C(C)(B([B])B([B])[B])C(C)(NC(C)(C)C(C)(C)C)B([B])[B]. The Morgan fingerprint density at radius 3 is 1.46 bits per heavy atom. The van der Waals surface area contributed by atoms with Gasteiger partial charge in [0.05, 0.1) is 6.49 Å². The molecule has 2 unspecified atom stereocenters. The summed E-state index contributed by atoms with van der Waals surface area (Å²) in [5.74, 6) is 0. The molecule has 0 rings (SSSR count). The molecule has 1 N–H and O–H groups in total. The zero-order valence-electron chi connectivity index (χ0n) is 16.4. The lowest BCUT2D eigenvalue weighted by atomic mass is 8.73. The molecule has 0 amide bonds. The van der Waals surface area contributed by atoms with Crippen LogP contribution < -0.4 is 5.32 Å². The summed E-state index contributed by atoms with van der Waals surface area (Å²) in [6, 6.07) is 0. The highest BCUT2D eigenvalue weighted by atomic mass is 15.0. The van der Waals surface area contributed by atoms with E-state index >= 15 is 0 Å². The number of hydrogen-bond acceptors (Lipinski definition) is 1. The van der Waals surface area contributed by atoms with Gasteiger partial charge >= 0.3 is 0 Å². The molecular formula is C11H22B12N. The molecule has 0 spiro atoms. The van der Waals surface area contributed by atoms with E-state index in [2.05, 4.69) is 39.9 Å². The Morgan fingerprint density at radius 2 is 1.21 bits per heavy atom. The Labute approximate surface area is 162 Å². The molecule has 0 aliphatic carbocycles. The van der Waals surface area contributed by atoms with E-state index < -0.39 is 36.5 Å². The molecule has 0 saturated carbocycles. The number of rotatable bonds is 8. The first kappa shape index (κ1) is 24.7. The molecule has 13 heteroatoms. The lowest BCUT2D eigenvalue weighted by molar-refractivity contribution is 0.144. The van der Waals surface area contributed by atoms with Gasteiger partial charge in [-0.05, 0) is 24.7 Å². The monoisotopic (exact) mass is 300 g/mol. The molecule has 2 atom stereocenters. The molecule has 0 aromatic heterocycles. The molecule has 24 heavy (non-hydrogen) atoms. The van der Waals surface area contributed by atoms with Crippen molar-refractivity contribution in [2.24, 2.45) is 5.41 Å². The third-order valence-electron chi connectivity index (χ3n) is 6.24. The fourth-order valence-electron chi connectivity index (χ4n) is 2.93. The highest BCUT2D eigenvalue weighted by Gasteiger charge is 2.54. The predicted octanol–water partition coefficient (Wildman–Crippen LogP) is -1.67. The highest BCUT2D eigenvalue weighted by Crippen LogP contribution is 2.45. The van der Waals surface area contributed by atoms with Crippen molar-refractivity contribution in [3.8, 4) is 0 Å². The van der Waals surface area contributed by atoms with Crippen molar-refractivity contribution >= 4 is 87.1 Å². The molecular weight excluding hydrogens is 276 g/mol. The second-order valence-corrected chi connectivity index (χ2v) is 8.83. The summed E-state index contributed by atoms with van der Waals surface area (Å²) in [6.45, 7) is 12.2. The maximum absolute atomic E-state index is 6.37. The summed E-state index contributed by atoms with van der Waals surface area (Å²) in [5, 5.41) is 2.71. The van der Waals surface area contributed by atoms with Gasteiger partial charge in [0.25, 0.3) is 0 Å². The molecule has 1 nitrogen and oxygen atoms in total. The molecule has 107 valence electrons. The van der Waals surface area contributed by atoms with Gasteiger partial charge in [0, 0.05) is 86.1 Å². The van der Waals surface area contributed by atoms with Crippen LogP contribution in [0, 0.1) is 5.41 Å². The quantitative estimate of drug-likeness (QED) is 0.529. The van der Waals surface area contributed by atoms with Crippen molar-refractivity contribution < 1.29 is 0 Å². The Morgan fingerprint density at radius 1 is 0.792 bits per heavy atom. The van der Waals surface area contributed by atoms with E-state index in [0.29, 0.717) is 0 Å². The van der Waals surface area contributed by atoms with E-state index in [-0.39, 0.29) is 11.0 Å². The van der Waals surface area contributed by atoms with Crippen LogP contribution in [-0.2, 0) is 0 Å². The Hall–Kier alpha value is 0.739. The van der Waals surface area contributed by atoms with Crippen LogP contribution in [0.1, 0.15) is 48.5 Å². The van der Waals surface area contributed by atoms with Gasteiger partial charge in [-0.1, -0.05) is 39.8 Å². The minimum atomic E-state index is -0.896. The van der Waals surface area contributed by atoms with Gasteiger partial charge in [0.2, 0.25) is 0 Å². The summed E-state index contributed by atoms with van der Waals surface area (Å²) in [4.78, 5) is 0. The van der Waals surface area contributed by atoms with Crippen molar-refractivity contribution in [1.29, 1.82) is 0 Å². The third kappa shape index (κ3) is 4.52. The van der Waals surface area contributed by atoms with E-state index in [4.69, 9.17) is 54.2 Å². The van der Waals surface area contributed by atoms with Gasteiger partial charge in [0.1, 0.15) is 0 Å². The van der Waals surface area contributed by atoms with E-state index in [9.17, 15) is 0 Å². The molecule has 0 aromatic carbocycles. The number of hydrogen-bond donors (Lipinski definition) is 1. The van der Waals surface area contributed by atoms with Crippen LogP contribution in [-0.4, -0.2) is 98.1 Å². The second kappa shape index (κ2) is 8.18. The normalized spacial score (nSPS) is 17.3.